The molecule has 0 spiro atoms. The lowest BCUT2D eigenvalue weighted by Crippen LogP contribution is -2.17. The summed E-state index contributed by atoms with van der Waals surface area (Å²) in [5, 5.41) is 8.91. The second kappa shape index (κ2) is 6.30. The SMILES string of the molecule is c1ccc2c(CNCCCn3cccn3)ccnc2c1. The fraction of sp³-hybridized carbons (Fsp3) is 0.250. The number of hydrogen-bond acceptors (Lipinski definition) is 3. The fourth-order valence-electron chi connectivity index (χ4n) is 2.33. The Kier molecular flexibility index (Phi) is 4.04. The first-order chi connectivity index (χ1) is 9.93. The molecule has 0 bridgehead atoms. The number of benzene rings is 1. The van der Waals surface area contributed by atoms with Crippen LogP contribution in [-0.2, 0) is 13.1 Å². The summed E-state index contributed by atoms with van der Waals surface area (Å²) in [6.07, 6.45) is 6.76. The standard InChI is InChI=1S/C16H18N4/c1-2-6-16-15(5-1)14(7-10-18-16)13-17-8-3-11-20-12-4-9-19-20/h1-2,4-7,9-10,12,17H,3,8,11,13H2. The number of hydrogen-bond donors (Lipinski definition) is 1. The first-order valence-electron chi connectivity index (χ1n) is 6.94. The third-order valence-corrected chi connectivity index (χ3v) is 3.35. The molecule has 1 aromatic carbocycles. The zero-order chi connectivity index (χ0) is 13.6. The summed E-state index contributed by atoms with van der Waals surface area (Å²) in [5.74, 6) is 0. The predicted molar refractivity (Wildman–Crippen MR) is 80.3 cm³/mol. The molecule has 20 heavy (non-hydrogen) atoms. The van der Waals surface area contributed by atoms with Crippen LogP contribution in [0.1, 0.15) is 12.0 Å². The Labute approximate surface area is 118 Å². The minimum absolute atomic E-state index is 0.877. The number of pyridine rings is 1. The van der Waals surface area contributed by atoms with Crippen molar-refractivity contribution in [2.45, 2.75) is 19.5 Å². The van der Waals surface area contributed by atoms with E-state index in [0.717, 1.165) is 31.6 Å². The van der Waals surface area contributed by atoms with Crippen molar-refractivity contribution < 1.29 is 0 Å². The molecule has 2 heterocycles. The van der Waals surface area contributed by atoms with Crippen LogP contribution in [0.3, 0.4) is 0 Å². The van der Waals surface area contributed by atoms with Crippen LogP contribution in [0.4, 0.5) is 0 Å². The maximum atomic E-state index is 4.38. The van der Waals surface area contributed by atoms with E-state index in [9.17, 15) is 0 Å². The number of aryl methyl sites for hydroxylation is 1. The van der Waals surface area contributed by atoms with Crippen molar-refractivity contribution in [3.63, 3.8) is 0 Å². The van der Waals surface area contributed by atoms with E-state index < -0.39 is 0 Å². The molecule has 0 saturated heterocycles. The molecule has 0 aliphatic rings. The van der Waals surface area contributed by atoms with Crippen molar-refractivity contribution >= 4 is 10.9 Å². The summed E-state index contributed by atoms with van der Waals surface area (Å²) in [5.41, 5.74) is 2.36. The number of nitrogens with zero attached hydrogens (tertiary/aromatic N) is 3. The Bertz CT molecular complexity index is 656. The fourth-order valence-corrected chi connectivity index (χ4v) is 2.33. The summed E-state index contributed by atoms with van der Waals surface area (Å²) < 4.78 is 1.96. The van der Waals surface area contributed by atoms with Gasteiger partial charge in [0, 0.05) is 37.1 Å². The van der Waals surface area contributed by atoms with Crippen LogP contribution in [-0.4, -0.2) is 21.3 Å². The minimum Gasteiger partial charge on any atom is -0.313 e. The van der Waals surface area contributed by atoms with Crippen LogP contribution in [0, 0.1) is 0 Å². The molecule has 0 amide bonds. The molecular weight excluding hydrogens is 248 g/mol. The molecule has 4 nitrogen and oxygen atoms in total. The average Bonchev–Trinajstić information content (AvgIpc) is 3.00. The third kappa shape index (κ3) is 3.03. The number of para-hydroxylation sites is 1. The van der Waals surface area contributed by atoms with Crippen molar-refractivity contribution in [1.82, 2.24) is 20.1 Å². The quantitative estimate of drug-likeness (QED) is 0.697. The van der Waals surface area contributed by atoms with Crippen LogP contribution >= 0.6 is 0 Å². The van der Waals surface area contributed by atoms with Crippen molar-refractivity contribution in [1.29, 1.82) is 0 Å². The number of aromatic nitrogens is 3. The molecule has 4 heteroatoms. The van der Waals surface area contributed by atoms with E-state index >= 15 is 0 Å². The molecule has 0 aliphatic carbocycles. The minimum atomic E-state index is 0.877. The van der Waals surface area contributed by atoms with Gasteiger partial charge in [-0.25, -0.2) is 0 Å². The van der Waals surface area contributed by atoms with Gasteiger partial charge in [0.05, 0.1) is 5.52 Å². The molecule has 102 valence electrons. The molecule has 0 saturated carbocycles. The van der Waals surface area contributed by atoms with Crippen molar-refractivity contribution in [3.05, 3.63) is 60.6 Å². The van der Waals surface area contributed by atoms with Gasteiger partial charge in [-0.05, 0) is 36.7 Å². The van der Waals surface area contributed by atoms with Gasteiger partial charge in [-0.3, -0.25) is 9.67 Å². The Hall–Kier alpha value is -2.20. The molecule has 0 atom stereocenters. The van der Waals surface area contributed by atoms with Gasteiger partial charge in [0.25, 0.3) is 0 Å². The van der Waals surface area contributed by atoms with Gasteiger partial charge in [-0.1, -0.05) is 18.2 Å². The molecule has 3 aromatic rings. The van der Waals surface area contributed by atoms with E-state index in [0.29, 0.717) is 0 Å². The number of rotatable bonds is 6. The topological polar surface area (TPSA) is 42.7 Å². The third-order valence-electron chi connectivity index (χ3n) is 3.35. The Morgan fingerprint density at radius 3 is 2.90 bits per heavy atom. The van der Waals surface area contributed by atoms with E-state index in [1.165, 1.54) is 10.9 Å². The highest BCUT2D eigenvalue weighted by molar-refractivity contribution is 5.81. The molecule has 0 unspecified atom stereocenters. The summed E-state index contributed by atoms with van der Waals surface area (Å²) in [6, 6.07) is 12.3. The van der Waals surface area contributed by atoms with Gasteiger partial charge in [-0.2, -0.15) is 5.10 Å². The first kappa shape index (κ1) is 12.8. The second-order valence-corrected chi connectivity index (χ2v) is 4.79. The van der Waals surface area contributed by atoms with E-state index in [-0.39, 0.29) is 0 Å². The van der Waals surface area contributed by atoms with Gasteiger partial charge in [0.15, 0.2) is 0 Å². The van der Waals surface area contributed by atoms with Crippen LogP contribution in [0.15, 0.2) is 55.0 Å². The highest BCUT2D eigenvalue weighted by Gasteiger charge is 2.00. The summed E-state index contributed by atoms with van der Waals surface area (Å²) >= 11 is 0. The molecule has 0 fully saturated rings. The molecular formula is C16H18N4. The number of nitrogens with one attached hydrogen (secondary N) is 1. The maximum Gasteiger partial charge on any atom is 0.0705 e. The van der Waals surface area contributed by atoms with Gasteiger partial charge >= 0.3 is 0 Å². The largest absolute Gasteiger partial charge is 0.313 e. The summed E-state index contributed by atoms with van der Waals surface area (Å²) in [4.78, 5) is 4.38. The van der Waals surface area contributed by atoms with Gasteiger partial charge in [0.2, 0.25) is 0 Å². The zero-order valence-electron chi connectivity index (χ0n) is 11.4. The first-order valence-corrected chi connectivity index (χ1v) is 6.94. The van der Waals surface area contributed by atoms with E-state index in [1.807, 2.05) is 35.4 Å². The lowest BCUT2D eigenvalue weighted by atomic mass is 10.1. The van der Waals surface area contributed by atoms with Crippen LogP contribution in [0.25, 0.3) is 10.9 Å². The van der Waals surface area contributed by atoms with E-state index in [2.05, 4.69) is 39.7 Å². The average molecular weight is 266 g/mol. The van der Waals surface area contributed by atoms with Crippen LogP contribution < -0.4 is 5.32 Å². The summed E-state index contributed by atoms with van der Waals surface area (Å²) in [6.45, 7) is 2.82. The highest BCUT2D eigenvalue weighted by atomic mass is 15.3. The Balaban J connectivity index is 1.52. The van der Waals surface area contributed by atoms with Gasteiger partial charge < -0.3 is 5.32 Å². The molecule has 1 N–H and O–H groups in total. The lowest BCUT2D eigenvalue weighted by Gasteiger charge is -2.08. The maximum absolute atomic E-state index is 4.38. The zero-order valence-corrected chi connectivity index (χ0v) is 11.4. The van der Waals surface area contributed by atoms with E-state index in [1.54, 1.807) is 0 Å². The number of fused-ring (bicyclic) bond motifs is 1. The monoisotopic (exact) mass is 266 g/mol. The summed E-state index contributed by atoms with van der Waals surface area (Å²) in [7, 11) is 0. The van der Waals surface area contributed by atoms with Gasteiger partial charge in [0.1, 0.15) is 0 Å². The molecule has 3 rings (SSSR count). The lowest BCUT2D eigenvalue weighted by molar-refractivity contribution is 0.544. The Morgan fingerprint density at radius 2 is 2.00 bits per heavy atom. The molecule has 2 aromatic heterocycles. The highest BCUT2D eigenvalue weighted by Crippen LogP contribution is 2.15. The van der Waals surface area contributed by atoms with Crippen molar-refractivity contribution in [2.75, 3.05) is 6.54 Å². The molecule has 0 aliphatic heterocycles. The smallest absolute Gasteiger partial charge is 0.0705 e. The van der Waals surface area contributed by atoms with Gasteiger partial charge in [-0.15, -0.1) is 0 Å². The Morgan fingerprint density at radius 1 is 1.05 bits per heavy atom. The van der Waals surface area contributed by atoms with Crippen LogP contribution in [0.2, 0.25) is 0 Å². The van der Waals surface area contributed by atoms with Crippen LogP contribution in [0.5, 0.6) is 0 Å². The second-order valence-electron chi connectivity index (χ2n) is 4.79. The van der Waals surface area contributed by atoms with E-state index in [4.69, 9.17) is 0 Å². The molecule has 0 radical (unpaired) electrons. The normalized spacial score (nSPS) is 11.0. The predicted octanol–water partition coefficient (Wildman–Crippen LogP) is 2.61. The van der Waals surface area contributed by atoms with Crippen molar-refractivity contribution in [3.8, 4) is 0 Å². The van der Waals surface area contributed by atoms with Crippen molar-refractivity contribution in [2.24, 2.45) is 0 Å².